The molecule has 2 rings (SSSR count). The highest BCUT2D eigenvalue weighted by atomic mass is 35.5. The molecule has 2 N–H and O–H groups in total. The monoisotopic (exact) mass is 357 g/mol. The number of carbonyl (C=O) groups excluding carboxylic acids is 2. The Morgan fingerprint density at radius 3 is 2.40 bits per heavy atom. The van der Waals surface area contributed by atoms with E-state index in [-0.39, 0.29) is 12.5 Å². The first-order valence-corrected chi connectivity index (χ1v) is 8.19. The summed E-state index contributed by atoms with van der Waals surface area (Å²) >= 11 is 5.77. The second-order valence-electron chi connectivity index (χ2n) is 5.74. The molecule has 0 bridgehead atoms. The minimum absolute atomic E-state index is 0.162. The Bertz CT molecular complexity index is 814. The number of carbonyl (C=O) groups is 2. The maximum atomic E-state index is 11.9. The zero-order valence-electron chi connectivity index (χ0n) is 14.4. The van der Waals surface area contributed by atoms with E-state index in [1.54, 1.807) is 24.3 Å². The lowest BCUT2D eigenvalue weighted by molar-refractivity contribution is -0.120. The molecule has 0 aliphatic rings. The van der Waals surface area contributed by atoms with Crippen molar-refractivity contribution in [1.29, 1.82) is 0 Å². The highest BCUT2D eigenvalue weighted by Crippen LogP contribution is 2.11. The van der Waals surface area contributed by atoms with E-state index in [2.05, 4.69) is 21.9 Å². The number of hydrogen-bond donors (Lipinski definition) is 2. The van der Waals surface area contributed by atoms with Crippen LogP contribution in [0, 0.1) is 13.8 Å². The van der Waals surface area contributed by atoms with Gasteiger partial charge in [0.15, 0.2) is 0 Å². The van der Waals surface area contributed by atoms with Crippen molar-refractivity contribution in [3.05, 3.63) is 69.7 Å². The van der Waals surface area contributed by atoms with Gasteiger partial charge in [-0.2, -0.15) is 5.10 Å². The number of rotatable bonds is 5. The summed E-state index contributed by atoms with van der Waals surface area (Å²) < 4.78 is 0. The second kappa shape index (κ2) is 8.44. The summed E-state index contributed by atoms with van der Waals surface area (Å²) in [6.45, 7) is 5.68. The maximum Gasteiger partial charge on any atom is 0.259 e. The lowest BCUT2D eigenvalue weighted by Gasteiger charge is -2.08. The van der Waals surface area contributed by atoms with Crippen LogP contribution >= 0.6 is 11.6 Å². The van der Waals surface area contributed by atoms with E-state index in [0.29, 0.717) is 16.3 Å². The topological polar surface area (TPSA) is 70.6 Å². The molecule has 6 heteroatoms. The van der Waals surface area contributed by atoms with Crippen molar-refractivity contribution in [2.24, 2.45) is 5.10 Å². The zero-order valence-corrected chi connectivity index (χ0v) is 15.1. The molecule has 2 amide bonds. The van der Waals surface area contributed by atoms with Crippen LogP contribution in [0.15, 0.2) is 47.6 Å². The van der Waals surface area contributed by atoms with E-state index in [4.69, 9.17) is 11.6 Å². The van der Waals surface area contributed by atoms with Crippen molar-refractivity contribution in [2.75, 3.05) is 6.54 Å². The third-order valence-corrected chi connectivity index (χ3v) is 3.89. The third-order valence-electron chi connectivity index (χ3n) is 3.64. The summed E-state index contributed by atoms with van der Waals surface area (Å²) in [5.41, 5.74) is 6.82. The van der Waals surface area contributed by atoms with Gasteiger partial charge in [-0.15, -0.1) is 0 Å². The number of aryl methyl sites for hydroxylation is 2. The van der Waals surface area contributed by atoms with E-state index in [9.17, 15) is 9.59 Å². The number of hydrogen-bond acceptors (Lipinski definition) is 3. The molecule has 2 aromatic carbocycles. The van der Waals surface area contributed by atoms with Crippen LogP contribution in [0.3, 0.4) is 0 Å². The summed E-state index contributed by atoms with van der Waals surface area (Å²) in [6, 6.07) is 12.5. The number of benzene rings is 2. The Balaban J connectivity index is 1.89. The van der Waals surface area contributed by atoms with E-state index >= 15 is 0 Å². The molecule has 0 aromatic heterocycles. The summed E-state index contributed by atoms with van der Waals surface area (Å²) in [7, 11) is 0. The smallest absolute Gasteiger partial charge is 0.259 e. The normalized spacial score (nSPS) is 11.1. The zero-order chi connectivity index (χ0) is 18.4. The molecule has 0 spiro atoms. The van der Waals surface area contributed by atoms with Crippen LogP contribution in [0.2, 0.25) is 5.02 Å². The average molecular weight is 358 g/mol. The van der Waals surface area contributed by atoms with Crippen LogP contribution in [0.5, 0.6) is 0 Å². The first-order chi connectivity index (χ1) is 11.9. The summed E-state index contributed by atoms with van der Waals surface area (Å²) in [6.07, 6.45) is 0. The van der Waals surface area contributed by atoms with Crippen LogP contribution in [-0.4, -0.2) is 24.1 Å². The number of amides is 2. The molecule has 25 heavy (non-hydrogen) atoms. The summed E-state index contributed by atoms with van der Waals surface area (Å²) in [4.78, 5) is 23.8. The van der Waals surface area contributed by atoms with Crippen molar-refractivity contribution >= 4 is 29.1 Å². The van der Waals surface area contributed by atoms with Crippen molar-refractivity contribution < 1.29 is 9.59 Å². The van der Waals surface area contributed by atoms with Crippen LogP contribution in [0.25, 0.3) is 0 Å². The molecule has 5 nitrogen and oxygen atoms in total. The number of hydrazone groups is 1. The van der Waals surface area contributed by atoms with Gasteiger partial charge in [0.2, 0.25) is 0 Å². The molecule has 0 aliphatic heterocycles. The summed E-state index contributed by atoms with van der Waals surface area (Å²) in [5.74, 6) is -0.742. The van der Waals surface area contributed by atoms with Gasteiger partial charge in [0, 0.05) is 16.1 Å². The van der Waals surface area contributed by atoms with E-state index < -0.39 is 5.91 Å². The lowest BCUT2D eigenvalue weighted by atomic mass is 10.0. The molecule has 0 aliphatic carbocycles. The average Bonchev–Trinajstić information content (AvgIpc) is 2.58. The molecule has 0 fully saturated rings. The SMILES string of the molecule is C/C(=N\NC(=O)CNC(=O)c1ccc(Cl)cc1)c1ccc(C)cc1C. The van der Waals surface area contributed by atoms with E-state index in [1.165, 1.54) is 5.56 Å². The largest absolute Gasteiger partial charge is 0.343 e. The number of halogens is 1. The number of nitrogens with zero attached hydrogens (tertiary/aromatic N) is 1. The van der Waals surface area contributed by atoms with Crippen LogP contribution in [0.4, 0.5) is 0 Å². The van der Waals surface area contributed by atoms with Crippen LogP contribution in [0.1, 0.15) is 34.0 Å². The highest BCUT2D eigenvalue weighted by molar-refractivity contribution is 6.30. The third kappa shape index (κ3) is 5.43. The predicted molar refractivity (Wildman–Crippen MR) is 100 cm³/mol. The Kier molecular flexibility index (Phi) is 6.31. The quantitative estimate of drug-likeness (QED) is 0.637. The lowest BCUT2D eigenvalue weighted by Crippen LogP contribution is -2.35. The Labute approximate surface area is 152 Å². The van der Waals surface area contributed by atoms with Gasteiger partial charge in [0.05, 0.1) is 12.3 Å². The molecule has 0 saturated carbocycles. The second-order valence-corrected chi connectivity index (χ2v) is 6.18. The van der Waals surface area contributed by atoms with Gasteiger partial charge >= 0.3 is 0 Å². The molecule has 130 valence electrons. The summed E-state index contributed by atoms with van der Waals surface area (Å²) in [5, 5.41) is 7.18. The first kappa shape index (κ1) is 18.7. The standard InChI is InChI=1S/C19H20ClN3O2/c1-12-4-9-17(13(2)10-12)14(3)22-23-18(24)11-21-19(25)15-5-7-16(20)8-6-15/h4-10H,11H2,1-3H3,(H,21,25)(H,23,24)/b22-14+. The Morgan fingerprint density at radius 2 is 1.76 bits per heavy atom. The number of nitrogens with one attached hydrogen (secondary N) is 2. The molecule has 0 heterocycles. The maximum absolute atomic E-state index is 11.9. The molecular weight excluding hydrogens is 338 g/mol. The fourth-order valence-electron chi connectivity index (χ4n) is 2.33. The van der Waals surface area contributed by atoms with Gasteiger partial charge in [0.25, 0.3) is 11.8 Å². The van der Waals surface area contributed by atoms with E-state index in [0.717, 1.165) is 11.1 Å². The first-order valence-electron chi connectivity index (χ1n) is 7.81. The van der Waals surface area contributed by atoms with Crippen molar-refractivity contribution in [1.82, 2.24) is 10.7 Å². The minimum atomic E-state index is -0.397. The Morgan fingerprint density at radius 1 is 1.08 bits per heavy atom. The van der Waals surface area contributed by atoms with Crippen LogP contribution in [-0.2, 0) is 4.79 Å². The predicted octanol–water partition coefficient (Wildman–Crippen LogP) is 3.23. The molecule has 2 aromatic rings. The van der Waals surface area contributed by atoms with Crippen LogP contribution < -0.4 is 10.7 Å². The van der Waals surface area contributed by atoms with Crippen molar-refractivity contribution in [3.63, 3.8) is 0 Å². The fraction of sp³-hybridized carbons (Fsp3) is 0.211. The van der Waals surface area contributed by atoms with Gasteiger partial charge in [-0.1, -0.05) is 35.4 Å². The van der Waals surface area contributed by atoms with Crippen molar-refractivity contribution in [3.8, 4) is 0 Å². The molecular formula is C19H20ClN3O2. The van der Waals surface area contributed by atoms with Gasteiger partial charge in [-0.3, -0.25) is 9.59 Å². The molecule has 0 radical (unpaired) electrons. The van der Waals surface area contributed by atoms with Crippen molar-refractivity contribution in [2.45, 2.75) is 20.8 Å². The molecule has 0 atom stereocenters. The van der Waals surface area contributed by atoms with Gasteiger partial charge in [-0.25, -0.2) is 5.43 Å². The minimum Gasteiger partial charge on any atom is -0.343 e. The van der Waals surface area contributed by atoms with E-state index in [1.807, 2.05) is 32.9 Å². The highest BCUT2D eigenvalue weighted by Gasteiger charge is 2.08. The van der Waals surface area contributed by atoms with Gasteiger partial charge in [-0.05, 0) is 50.6 Å². The molecule has 0 unspecified atom stereocenters. The molecule has 0 saturated heterocycles. The van der Waals surface area contributed by atoms with Gasteiger partial charge in [0.1, 0.15) is 0 Å². The van der Waals surface area contributed by atoms with Gasteiger partial charge < -0.3 is 5.32 Å². The Hall–Kier alpha value is -2.66. The fourth-order valence-corrected chi connectivity index (χ4v) is 2.46.